The molecule has 0 aliphatic rings. The number of amides is 1. The third-order valence-electron chi connectivity index (χ3n) is 3.51. The zero-order valence-electron chi connectivity index (χ0n) is 13.4. The molecule has 22 heavy (non-hydrogen) atoms. The third-order valence-corrected chi connectivity index (χ3v) is 3.51. The van der Waals surface area contributed by atoms with Gasteiger partial charge in [-0.2, -0.15) is 0 Å². The molecule has 0 bridgehead atoms. The molecule has 0 spiro atoms. The molecule has 0 saturated carbocycles. The molecule has 4 heteroatoms. The number of rotatable bonds is 5. The lowest BCUT2D eigenvalue weighted by molar-refractivity contribution is -0.115. The summed E-state index contributed by atoms with van der Waals surface area (Å²) in [6.07, 6.45) is 0.251. The summed E-state index contributed by atoms with van der Waals surface area (Å²) in [7, 11) is 3.18. The Bertz CT molecular complexity index is 680. The van der Waals surface area contributed by atoms with Crippen LogP contribution in [0.15, 0.2) is 36.4 Å². The van der Waals surface area contributed by atoms with E-state index >= 15 is 0 Å². The molecule has 2 rings (SSSR count). The van der Waals surface area contributed by atoms with Crippen molar-refractivity contribution in [3.8, 4) is 11.5 Å². The highest BCUT2D eigenvalue weighted by atomic mass is 16.5. The average molecular weight is 299 g/mol. The van der Waals surface area contributed by atoms with Crippen LogP contribution in [-0.2, 0) is 11.2 Å². The zero-order valence-corrected chi connectivity index (χ0v) is 13.4. The number of methoxy groups -OCH3 is 2. The van der Waals surface area contributed by atoms with Crippen molar-refractivity contribution in [2.24, 2.45) is 0 Å². The number of carbonyl (C=O) groups excluding carboxylic acids is 1. The largest absolute Gasteiger partial charge is 0.497 e. The molecule has 1 amide bonds. The lowest BCUT2D eigenvalue weighted by atomic mass is 10.1. The van der Waals surface area contributed by atoms with Gasteiger partial charge >= 0.3 is 0 Å². The molecule has 0 unspecified atom stereocenters. The van der Waals surface area contributed by atoms with Crippen molar-refractivity contribution >= 4 is 11.6 Å². The first-order valence-electron chi connectivity index (χ1n) is 7.11. The zero-order chi connectivity index (χ0) is 16.1. The fourth-order valence-electron chi connectivity index (χ4n) is 2.24. The van der Waals surface area contributed by atoms with Gasteiger partial charge in [-0.3, -0.25) is 4.79 Å². The SMILES string of the molecule is COc1ccc(CC(=O)Nc2cc(C)ccc2C)c(OC)c1. The van der Waals surface area contributed by atoms with Gasteiger partial charge in [0.15, 0.2) is 0 Å². The van der Waals surface area contributed by atoms with E-state index in [2.05, 4.69) is 5.32 Å². The van der Waals surface area contributed by atoms with Gasteiger partial charge in [0.25, 0.3) is 0 Å². The summed E-state index contributed by atoms with van der Waals surface area (Å²) in [5, 5.41) is 2.95. The Kier molecular flexibility index (Phi) is 5.04. The van der Waals surface area contributed by atoms with Crippen molar-refractivity contribution in [1.29, 1.82) is 0 Å². The maximum absolute atomic E-state index is 12.3. The van der Waals surface area contributed by atoms with Gasteiger partial charge in [-0.15, -0.1) is 0 Å². The van der Waals surface area contributed by atoms with E-state index in [-0.39, 0.29) is 12.3 Å². The van der Waals surface area contributed by atoms with Gasteiger partial charge in [-0.1, -0.05) is 18.2 Å². The fraction of sp³-hybridized carbons (Fsp3) is 0.278. The van der Waals surface area contributed by atoms with Crippen molar-refractivity contribution in [3.05, 3.63) is 53.1 Å². The maximum Gasteiger partial charge on any atom is 0.228 e. The number of nitrogens with one attached hydrogen (secondary N) is 1. The minimum Gasteiger partial charge on any atom is -0.497 e. The second-order valence-electron chi connectivity index (χ2n) is 5.22. The summed E-state index contributed by atoms with van der Waals surface area (Å²) in [6, 6.07) is 11.4. The van der Waals surface area contributed by atoms with Gasteiger partial charge in [-0.25, -0.2) is 0 Å². The predicted octanol–water partition coefficient (Wildman–Crippen LogP) is 3.50. The van der Waals surface area contributed by atoms with Crippen LogP contribution < -0.4 is 14.8 Å². The van der Waals surface area contributed by atoms with Crippen molar-refractivity contribution in [3.63, 3.8) is 0 Å². The van der Waals surface area contributed by atoms with Crippen LogP contribution in [0.3, 0.4) is 0 Å². The topological polar surface area (TPSA) is 47.6 Å². The normalized spacial score (nSPS) is 10.2. The number of carbonyl (C=O) groups is 1. The molecule has 0 fully saturated rings. The Labute approximate surface area is 131 Å². The molecule has 1 N–H and O–H groups in total. The fourth-order valence-corrected chi connectivity index (χ4v) is 2.24. The van der Waals surface area contributed by atoms with E-state index in [1.807, 2.05) is 44.2 Å². The Hall–Kier alpha value is -2.49. The Morgan fingerprint density at radius 2 is 1.82 bits per heavy atom. The van der Waals surface area contributed by atoms with Gasteiger partial charge in [0, 0.05) is 17.3 Å². The molecule has 0 aliphatic heterocycles. The molecule has 0 aromatic heterocycles. The van der Waals surface area contributed by atoms with Crippen LogP contribution in [0, 0.1) is 13.8 Å². The number of benzene rings is 2. The number of aryl methyl sites for hydroxylation is 2. The molecular weight excluding hydrogens is 278 g/mol. The standard InChI is InChI=1S/C18H21NO3/c1-12-5-6-13(2)16(9-12)19-18(20)10-14-7-8-15(21-3)11-17(14)22-4/h5-9,11H,10H2,1-4H3,(H,19,20). The van der Waals surface area contributed by atoms with Crippen molar-refractivity contribution in [2.45, 2.75) is 20.3 Å². The van der Waals surface area contributed by atoms with E-state index in [4.69, 9.17) is 9.47 Å². The summed E-state index contributed by atoms with van der Waals surface area (Å²) >= 11 is 0. The van der Waals surface area contributed by atoms with Crippen LogP contribution in [0.1, 0.15) is 16.7 Å². The van der Waals surface area contributed by atoms with Gasteiger partial charge in [0.2, 0.25) is 5.91 Å². The van der Waals surface area contributed by atoms with Gasteiger partial charge < -0.3 is 14.8 Å². The van der Waals surface area contributed by atoms with E-state index in [1.165, 1.54) is 0 Å². The number of hydrogen-bond acceptors (Lipinski definition) is 3. The van der Waals surface area contributed by atoms with Gasteiger partial charge in [0.1, 0.15) is 11.5 Å². The minimum absolute atomic E-state index is 0.0721. The third kappa shape index (κ3) is 3.79. The molecular formula is C18H21NO3. The van der Waals surface area contributed by atoms with E-state index in [0.29, 0.717) is 11.5 Å². The minimum atomic E-state index is -0.0721. The molecule has 0 saturated heterocycles. The van der Waals surface area contributed by atoms with E-state index in [0.717, 1.165) is 22.4 Å². The highest BCUT2D eigenvalue weighted by Crippen LogP contribution is 2.25. The maximum atomic E-state index is 12.3. The molecule has 2 aromatic carbocycles. The molecule has 116 valence electrons. The smallest absolute Gasteiger partial charge is 0.228 e. The summed E-state index contributed by atoms with van der Waals surface area (Å²) in [6.45, 7) is 3.98. The first-order valence-corrected chi connectivity index (χ1v) is 7.11. The highest BCUT2D eigenvalue weighted by Gasteiger charge is 2.11. The highest BCUT2D eigenvalue weighted by molar-refractivity contribution is 5.93. The first-order chi connectivity index (χ1) is 10.5. The second kappa shape index (κ2) is 6.98. The Morgan fingerprint density at radius 3 is 2.50 bits per heavy atom. The van der Waals surface area contributed by atoms with E-state index in [9.17, 15) is 4.79 Å². The van der Waals surface area contributed by atoms with Gasteiger partial charge in [0.05, 0.1) is 20.6 Å². The quantitative estimate of drug-likeness (QED) is 0.919. The molecule has 0 aliphatic carbocycles. The van der Waals surface area contributed by atoms with Crippen LogP contribution in [0.2, 0.25) is 0 Å². The van der Waals surface area contributed by atoms with Crippen LogP contribution in [-0.4, -0.2) is 20.1 Å². The summed E-state index contributed by atoms with van der Waals surface area (Å²) in [5.74, 6) is 1.28. The molecule has 0 atom stereocenters. The lowest BCUT2D eigenvalue weighted by Crippen LogP contribution is -2.15. The monoisotopic (exact) mass is 299 g/mol. The number of anilines is 1. The Morgan fingerprint density at radius 1 is 1.05 bits per heavy atom. The van der Waals surface area contributed by atoms with Crippen LogP contribution >= 0.6 is 0 Å². The summed E-state index contributed by atoms with van der Waals surface area (Å²) in [4.78, 5) is 12.3. The predicted molar refractivity (Wildman–Crippen MR) is 87.8 cm³/mol. The summed E-state index contributed by atoms with van der Waals surface area (Å²) < 4.78 is 10.5. The molecule has 2 aromatic rings. The molecule has 4 nitrogen and oxygen atoms in total. The average Bonchev–Trinajstić information content (AvgIpc) is 2.51. The molecule has 0 heterocycles. The first kappa shape index (κ1) is 15.9. The Balaban J connectivity index is 2.13. The van der Waals surface area contributed by atoms with Gasteiger partial charge in [-0.05, 0) is 37.1 Å². The molecule has 0 radical (unpaired) electrons. The van der Waals surface area contributed by atoms with Crippen molar-refractivity contribution in [1.82, 2.24) is 0 Å². The number of ether oxygens (including phenoxy) is 2. The van der Waals surface area contributed by atoms with Crippen molar-refractivity contribution in [2.75, 3.05) is 19.5 Å². The van der Waals surface area contributed by atoms with E-state index < -0.39 is 0 Å². The van der Waals surface area contributed by atoms with Crippen molar-refractivity contribution < 1.29 is 14.3 Å². The van der Waals surface area contributed by atoms with Crippen LogP contribution in [0.4, 0.5) is 5.69 Å². The van der Waals surface area contributed by atoms with Crippen LogP contribution in [0.5, 0.6) is 11.5 Å². The number of hydrogen-bond donors (Lipinski definition) is 1. The lowest BCUT2D eigenvalue weighted by Gasteiger charge is -2.12. The second-order valence-corrected chi connectivity index (χ2v) is 5.22. The van der Waals surface area contributed by atoms with Crippen LogP contribution in [0.25, 0.3) is 0 Å². The summed E-state index contributed by atoms with van der Waals surface area (Å²) in [5.41, 5.74) is 3.83. The van der Waals surface area contributed by atoms with E-state index in [1.54, 1.807) is 20.3 Å².